The molecule has 2 N–H and O–H groups in total. The molecule has 0 unspecified atom stereocenters. The molecule has 3 aromatic rings. The molecule has 1 fully saturated rings. The zero-order valence-corrected chi connectivity index (χ0v) is 15.5. The molecular formula is C22H24ClN3. The molecule has 134 valence electrons. The molecule has 1 heterocycles. The Hall–Kier alpha value is -2.10. The molecule has 2 aromatic carbocycles. The van der Waals surface area contributed by atoms with E-state index in [0.29, 0.717) is 12.1 Å². The topological polar surface area (TPSA) is 37.0 Å². The average molecular weight is 366 g/mol. The van der Waals surface area contributed by atoms with Gasteiger partial charge in [0, 0.05) is 40.9 Å². The SMILES string of the molecule is Clc1ccc2c(NC3CCC(NCc4ccccc4)CC3)ccnc2c1. The van der Waals surface area contributed by atoms with Crippen molar-refractivity contribution < 1.29 is 0 Å². The van der Waals surface area contributed by atoms with Gasteiger partial charge in [-0.1, -0.05) is 41.9 Å². The van der Waals surface area contributed by atoms with E-state index in [1.807, 2.05) is 18.3 Å². The second-order valence-electron chi connectivity index (χ2n) is 7.08. The third kappa shape index (κ3) is 4.17. The fourth-order valence-corrected chi connectivity index (χ4v) is 3.93. The maximum absolute atomic E-state index is 6.09. The van der Waals surface area contributed by atoms with Crippen LogP contribution in [0.2, 0.25) is 5.02 Å². The Morgan fingerprint density at radius 2 is 1.69 bits per heavy atom. The molecule has 1 aliphatic carbocycles. The highest BCUT2D eigenvalue weighted by Crippen LogP contribution is 2.28. The van der Waals surface area contributed by atoms with E-state index >= 15 is 0 Å². The number of fused-ring (bicyclic) bond motifs is 1. The lowest BCUT2D eigenvalue weighted by Crippen LogP contribution is -2.36. The Balaban J connectivity index is 1.33. The van der Waals surface area contributed by atoms with Gasteiger partial charge < -0.3 is 10.6 Å². The molecule has 4 rings (SSSR count). The normalized spacial score (nSPS) is 20.2. The average Bonchev–Trinajstić information content (AvgIpc) is 2.68. The standard InChI is InChI=1S/C22H24ClN3/c23-17-6-11-20-21(12-13-24-22(20)14-17)26-19-9-7-18(8-10-19)25-15-16-4-2-1-3-5-16/h1-6,11-14,18-19,25H,7-10,15H2,(H,24,26). The number of nitrogens with one attached hydrogen (secondary N) is 2. The number of hydrogen-bond donors (Lipinski definition) is 2. The second kappa shape index (κ2) is 8.07. The number of aromatic nitrogens is 1. The maximum Gasteiger partial charge on any atom is 0.0737 e. The minimum Gasteiger partial charge on any atom is -0.382 e. The number of halogens is 1. The monoisotopic (exact) mass is 365 g/mol. The Kier molecular flexibility index (Phi) is 5.37. The predicted octanol–water partition coefficient (Wildman–Crippen LogP) is 5.40. The van der Waals surface area contributed by atoms with Gasteiger partial charge in [0.15, 0.2) is 0 Å². The van der Waals surface area contributed by atoms with Crippen molar-refractivity contribution in [1.82, 2.24) is 10.3 Å². The summed E-state index contributed by atoms with van der Waals surface area (Å²) in [5.41, 5.74) is 3.46. The van der Waals surface area contributed by atoms with Crippen LogP contribution in [0.5, 0.6) is 0 Å². The van der Waals surface area contributed by atoms with Gasteiger partial charge in [0.25, 0.3) is 0 Å². The first-order chi connectivity index (χ1) is 12.8. The van der Waals surface area contributed by atoms with Gasteiger partial charge in [-0.3, -0.25) is 4.98 Å². The molecule has 26 heavy (non-hydrogen) atoms. The smallest absolute Gasteiger partial charge is 0.0737 e. The summed E-state index contributed by atoms with van der Waals surface area (Å²) in [4.78, 5) is 4.43. The van der Waals surface area contributed by atoms with Crippen LogP contribution in [0.1, 0.15) is 31.2 Å². The van der Waals surface area contributed by atoms with Gasteiger partial charge in [0.1, 0.15) is 0 Å². The van der Waals surface area contributed by atoms with Crippen molar-refractivity contribution in [2.75, 3.05) is 5.32 Å². The van der Waals surface area contributed by atoms with Crippen molar-refractivity contribution >= 4 is 28.2 Å². The van der Waals surface area contributed by atoms with Gasteiger partial charge in [-0.25, -0.2) is 0 Å². The van der Waals surface area contributed by atoms with E-state index in [1.165, 1.54) is 31.2 Å². The Morgan fingerprint density at radius 3 is 2.50 bits per heavy atom. The third-order valence-corrected chi connectivity index (χ3v) is 5.46. The van der Waals surface area contributed by atoms with Gasteiger partial charge in [0.2, 0.25) is 0 Å². The van der Waals surface area contributed by atoms with Crippen LogP contribution < -0.4 is 10.6 Å². The molecule has 0 bridgehead atoms. The minimum absolute atomic E-state index is 0.519. The molecule has 0 amide bonds. The van der Waals surface area contributed by atoms with Crippen molar-refractivity contribution in [3.8, 4) is 0 Å². The Bertz CT molecular complexity index is 858. The summed E-state index contributed by atoms with van der Waals surface area (Å²) in [7, 11) is 0. The Morgan fingerprint density at radius 1 is 0.923 bits per heavy atom. The molecule has 1 saturated carbocycles. The van der Waals surface area contributed by atoms with Crippen molar-refractivity contribution in [3.05, 3.63) is 71.4 Å². The summed E-state index contributed by atoms with van der Waals surface area (Å²) in [5.74, 6) is 0. The van der Waals surface area contributed by atoms with Crippen molar-refractivity contribution in [3.63, 3.8) is 0 Å². The highest BCUT2D eigenvalue weighted by molar-refractivity contribution is 6.31. The molecule has 0 atom stereocenters. The van der Waals surface area contributed by atoms with E-state index in [9.17, 15) is 0 Å². The highest BCUT2D eigenvalue weighted by Gasteiger charge is 2.21. The largest absolute Gasteiger partial charge is 0.382 e. The van der Waals surface area contributed by atoms with Crippen LogP contribution in [0, 0.1) is 0 Å². The summed E-state index contributed by atoms with van der Waals surface area (Å²) in [6.45, 7) is 0.958. The number of rotatable bonds is 5. The minimum atomic E-state index is 0.519. The lowest BCUT2D eigenvalue weighted by Gasteiger charge is -2.30. The van der Waals surface area contributed by atoms with Crippen molar-refractivity contribution in [1.29, 1.82) is 0 Å². The summed E-state index contributed by atoms with van der Waals surface area (Å²) < 4.78 is 0. The van der Waals surface area contributed by atoms with Gasteiger partial charge in [-0.15, -0.1) is 0 Å². The quantitative estimate of drug-likeness (QED) is 0.635. The van der Waals surface area contributed by atoms with E-state index in [0.717, 1.165) is 28.2 Å². The molecule has 3 nitrogen and oxygen atoms in total. The fraction of sp³-hybridized carbons (Fsp3) is 0.318. The zero-order chi connectivity index (χ0) is 17.8. The van der Waals surface area contributed by atoms with Crippen LogP contribution in [-0.2, 0) is 6.54 Å². The van der Waals surface area contributed by atoms with Crippen molar-refractivity contribution in [2.24, 2.45) is 0 Å². The molecule has 0 spiro atoms. The molecule has 0 aliphatic heterocycles. The highest BCUT2D eigenvalue weighted by atomic mass is 35.5. The number of anilines is 1. The summed E-state index contributed by atoms with van der Waals surface area (Å²) >= 11 is 6.09. The first-order valence-corrected chi connectivity index (χ1v) is 9.74. The van der Waals surface area contributed by atoms with E-state index in [4.69, 9.17) is 11.6 Å². The van der Waals surface area contributed by atoms with Crippen LogP contribution in [0.25, 0.3) is 10.9 Å². The summed E-state index contributed by atoms with van der Waals surface area (Å²) in [6, 6.07) is 19.7. The number of pyridine rings is 1. The predicted molar refractivity (Wildman–Crippen MR) is 110 cm³/mol. The van der Waals surface area contributed by atoms with Crippen molar-refractivity contribution in [2.45, 2.75) is 44.3 Å². The van der Waals surface area contributed by atoms with Crippen LogP contribution in [0.3, 0.4) is 0 Å². The van der Waals surface area contributed by atoms with E-state index in [1.54, 1.807) is 0 Å². The maximum atomic E-state index is 6.09. The first kappa shape index (κ1) is 17.3. The lowest BCUT2D eigenvalue weighted by atomic mass is 9.90. The Labute approximate surface area is 159 Å². The fourth-order valence-electron chi connectivity index (χ4n) is 3.77. The number of nitrogens with zero attached hydrogens (tertiary/aromatic N) is 1. The molecule has 4 heteroatoms. The van der Waals surface area contributed by atoms with Gasteiger partial charge >= 0.3 is 0 Å². The molecule has 0 saturated heterocycles. The van der Waals surface area contributed by atoms with Crippen LogP contribution in [0.4, 0.5) is 5.69 Å². The van der Waals surface area contributed by atoms with Crippen LogP contribution >= 0.6 is 11.6 Å². The van der Waals surface area contributed by atoms with E-state index in [-0.39, 0.29) is 0 Å². The van der Waals surface area contributed by atoms with Gasteiger partial charge in [-0.05, 0) is 55.5 Å². The second-order valence-corrected chi connectivity index (χ2v) is 7.52. The van der Waals surface area contributed by atoms with Crippen LogP contribution in [0.15, 0.2) is 60.8 Å². The summed E-state index contributed by atoms with van der Waals surface area (Å²) in [6.07, 6.45) is 6.64. The molecular weight excluding hydrogens is 342 g/mol. The number of benzene rings is 2. The number of hydrogen-bond acceptors (Lipinski definition) is 3. The zero-order valence-electron chi connectivity index (χ0n) is 14.8. The van der Waals surface area contributed by atoms with Crippen LogP contribution in [-0.4, -0.2) is 17.1 Å². The third-order valence-electron chi connectivity index (χ3n) is 5.23. The molecule has 1 aromatic heterocycles. The van der Waals surface area contributed by atoms with E-state index in [2.05, 4.69) is 58.1 Å². The van der Waals surface area contributed by atoms with E-state index < -0.39 is 0 Å². The summed E-state index contributed by atoms with van der Waals surface area (Å²) in [5, 5.41) is 9.30. The molecule has 1 aliphatic rings. The van der Waals surface area contributed by atoms with Gasteiger partial charge in [0.05, 0.1) is 5.52 Å². The van der Waals surface area contributed by atoms with Gasteiger partial charge in [-0.2, -0.15) is 0 Å². The molecule has 0 radical (unpaired) electrons. The first-order valence-electron chi connectivity index (χ1n) is 9.36. The lowest BCUT2D eigenvalue weighted by molar-refractivity contribution is 0.353.